The molecule has 1 aromatic heterocycles. The summed E-state index contributed by atoms with van der Waals surface area (Å²) in [5, 5.41) is 0. The number of hydrogen-bond donors (Lipinski definition) is 2. The predicted molar refractivity (Wildman–Crippen MR) is 81.9 cm³/mol. The van der Waals surface area contributed by atoms with E-state index in [2.05, 4.69) is 25.6 Å². The maximum atomic E-state index is 12.2. The third-order valence-electron chi connectivity index (χ3n) is 2.66. The molecule has 106 valence electrons. The normalized spacial score (nSPS) is 11.3. The Morgan fingerprint density at radius 3 is 2.50 bits per heavy atom. The Balaban J connectivity index is 2.24. The summed E-state index contributed by atoms with van der Waals surface area (Å²) in [4.78, 5) is 4.17. The molecule has 0 atom stereocenters. The van der Waals surface area contributed by atoms with Crippen LogP contribution in [-0.2, 0) is 16.4 Å². The third-order valence-corrected chi connectivity index (χ3v) is 4.65. The van der Waals surface area contributed by atoms with Crippen LogP contribution in [0.25, 0.3) is 0 Å². The van der Waals surface area contributed by atoms with Crippen molar-refractivity contribution in [3.8, 4) is 0 Å². The van der Waals surface area contributed by atoms with Gasteiger partial charge in [0.05, 0.1) is 9.37 Å². The van der Waals surface area contributed by atoms with Crippen molar-refractivity contribution in [2.45, 2.75) is 11.3 Å². The lowest BCUT2D eigenvalue weighted by molar-refractivity contribution is 0.601. The van der Waals surface area contributed by atoms with E-state index in [-0.39, 0.29) is 10.7 Å². The van der Waals surface area contributed by atoms with Crippen LogP contribution in [0.15, 0.2) is 52.0 Å². The van der Waals surface area contributed by atoms with E-state index in [1.165, 1.54) is 6.20 Å². The average Bonchev–Trinajstić information content (AvgIpc) is 2.42. The number of halogens is 1. The molecule has 0 unspecified atom stereocenters. The first-order valence-electron chi connectivity index (χ1n) is 5.95. The summed E-state index contributed by atoms with van der Waals surface area (Å²) >= 11 is 3.25. The zero-order valence-corrected chi connectivity index (χ0v) is 13.0. The van der Waals surface area contributed by atoms with E-state index in [0.717, 1.165) is 12.0 Å². The molecule has 1 heterocycles. The molecule has 2 rings (SSSR count). The van der Waals surface area contributed by atoms with Crippen molar-refractivity contribution in [1.82, 2.24) is 4.98 Å². The number of nitrogens with zero attached hydrogens (tertiary/aromatic N) is 1. The summed E-state index contributed by atoms with van der Waals surface area (Å²) < 4.78 is 27.5. The van der Waals surface area contributed by atoms with E-state index in [0.29, 0.717) is 11.0 Å². The van der Waals surface area contributed by atoms with Crippen LogP contribution >= 0.6 is 15.9 Å². The molecule has 0 radical (unpaired) electrons. The molecule has 1 aromatic carbocycles. The molecular weight excluding hydrogens is 342 g/mol. The number of nitrogens with one attached hydrogen (secondary N) is 1. The molecule has 0 aliphatic carbocycles. The van der Waals surface area contributed by atoms with Crippen LogP contribution in [0.4, 0.5) is 5.82 Å². The Morgan fingerprint density at radius 1 is 1.20 bits per heavy atom. The Morgan fingerprint density at radius 2 is 1.90 bits per heavy atom. The van der Waals surface area contributed by atoms with Gasteiger partial charge in [-0.2, -0.15) is 0 Å². The summed E-state index contributed by atoms with van der Waals surface area (Å²) in [5.41, 5.74) is 6.46. The Hall–Kier alpha value is -1.44. The maximum Gasteiger partial charge on any atom is 0.263 e. The van der Waals surface area contributed by atoms with Gasteiger partial charge in [-0.25, -0.2) is 13.4 Å². The fourth-order valence-corrected chi connectivity index (χ4v) is 3.16. The van der Waals surface area contributed by atoms with Crippen LogP contribution in [0, 0.1) is 0 Å². The minimum absolute atomic E-state index is 0.191. The first kappa shape index (κ1) is 15.0. The molecule has 5 nitrogen and oxygen atoms in total. The summed E-state index contributed by atoms with van der Waals surface area (Å²) in [7, 11) is -3.64. The number of anilines is 1. The molecule has 0 fully saturated rings. The minimum atomic E-state index is -3.64. The number of benzene rings is 1. The highest BCUT2D eigenvalue weighted by atomic mass is 79.9. The number of pyridine rings is 1. The van der Waals surface area contributed by atoms with Gasteiger partial charge in [-0.1, -0.05) is 12.1 Å². The summed E-state index contributed by atoms with van der Waals surface area (Å²) in [6.45, 7) is 0.533. The standard InChI is InChI=1S/C13H14BrN3O2S/c14-12-2-1-9-16-13(12)17-20(18,19)11-5-3-10(4-6-11)7-8-15/h1-6,9H,7-8,15H2,(H,16,17). The molecule has 7 heteroatoms. The van der Waals surface area contributed by atoms with E-state index in [1.54, 1.807) is 36.4 Å². The maximum absolute atomic E-state index is 12.2. The zero-order chi connectivity index (χ0) is 14.6. The number of rotatable bonds is 5. The van der Waals surface area contributed by atoms with Crippen LogP contribution in [0.3, 0.4) is 0 Å². The molecule has 0 amide bonds. The van der Waals surface area contributed by atoms with Gasteiger partial charge in [0, 0.05) is 6.20 Å². The molecule has 0 aliphatic heterocycles. The SMILES string of the molecule is NCCc1ccc(S(=O)(=O)Nc2ncccc2Br)cc1. The van der Waals surface area contributed by atoms with Crippen LogP contribution in [0.5, 0.6) is 0 Å². The molecule has 0 bridgehead atoms. The monoisotopic (exact) mass is 355 g/mol. The highest BCUT2D eigenvalue weighted by Crippen LogP contribution is 2.22. The molecule has 2 aromatic rings. The number of aromatic nitrogens is 1. The largest absolute Gasteiger partial charge is 0.330 e. The highest BCUT2D eigenvalue weighted by Gasteiger charge is 2.15. The van der Waals surface area contributed by atoms with Crippen LogP contribution in [0.1, 0.15) is 5.56 Å². The average molecular weight is 356 g/mol. The van der Waals surface area contributed by atoms with Crippen molar-refractivity contribution in [3.05, 3.63) is 52.6 Å². The fourth-order valence-electron chi connectivity index (χ4n) is 1.65. The summed E-state index contributed by atoms with van der Waals surface area (Å²) in [6.07, 6.45) is 2.24. The van der Waals surface area contributed by atoms with Gasteiger partial charge < -0.3 is 5.73 Å². The molecule has 0 saturated carbocycles. The van der Waals surface area contributed by atoms with Crippen LogP contribution < -0.4 is 10.5 Å². The topological polar surface area (TPSA) is 85.1 Å². The predicted octanol–water partition coefficient (Wildman–Crippen LogP) is 2.15. The van der Waals surface area contributed by atoms with Gasteiger partial charge in [-0.3, -0.25) is 4.72 Å². The van der Waals surface area contributed by atoms with Crippen LogP contribution in [-0.4, -0.2) is 19.9 Å². The number of hydrogen-bond acceptors (Lipinski definition) is 4. The van der Waals surface area contributed by atoms with Crippen LogP contribution in [0.2, 0.25) is 0 Å². The highest BCUT2D eigenvalue weighted by molar-refractivity contribution is 9.10. The molecular formula is C13H14BrN3O2S. The van der Waals surface area contributed by atoms with Crippen molar-refractivity contribution in [2.75, 3.05) is 11.3 Å². The van der Waals surface area contributed by atoms with Crippen molar-refractivity contribution in [1.29, 1.82) is 0 Å². The summed E-state index contributed by atoms with van der Waals surface area (Å²) in [6, 6.07) is 10.1. The molecule has 0 saturated heterocycles. The van der Waals surface area contributed by atoms with E-state index in [9.17, 15) is 8.42 Å². The van der Waals surface area contributed by atoms with Crippen molar-refractivity contribution >= 4 is 31.8 Å². The third kappa shape index (κ3) is 3.56. The molecule has 0 spiro atoms. The molecule has 0 aliphatic rings. The van der Waals surface area contributed by atoms with E-state index in [1.807, 2.05) is 0 Å². The molecule has 3 N–H and O–H groups in total. The van der Waals surface area contributed by atoms with Gasteiger partial charge in [0.2, 0.25) is 0 Å². The van der Waals surface area contributed by atoms with Gasteiger partial charge in [-0.15, -0.1) is 0 Å². The van der Waals surface area contributed by atoms with E-state index >= 15 is 0 Å². The van der Waals surface area contributed by atoms with Gasteiger partial charge in [0.1, 0.15) is 0 Å². The van der Waals surface area contributed by atoms with Gasteiger partial charge in [0.25, 0.3) is 10.0 Å². The smallest absolute Gasteiger partial charge is 0.263 e. The second-order valence-corrected chi connectivity index (χ2v) is 6.66. The zero-order valence-electron chi connectivity index (χ0n) is 10.6. The first-order chi connectivity index (χ1) is 9.53. The van der Waals surface area contributed by atoms with E-state index < -0.39 is 10.0 Å². The van der Waals surface area contributed by atoms with Crippen molar-refractivity contribution in [3.63, 3.8) is 0 Å². The Labute approximate surface area is 126 Å². The van der Waals surface area contributed by atoms with Gasteiger partial charge >= 0.3 is 0 Å². The van der Waals surface area contributed by atoms with Gasteiger partial charge in [-0.05, 0) is 58.7 Å². The lowest BCUT2D eigenvalue weighted by atomic mass is 10.2. The minimum Gasteiger partial charge on any atom is -0.330 e. The van der Waals surface area contributed by atoms with Crippen molar-refractivity contribution in [2.24, 2.45) is 5.73 Å². The van der Waals surface area contributed by atoms with Gasteiger partial charge in [0.15, 0.2) is 5.82 Å². The lowest BCUT2D eigenvalue weighted by Crippen LogP contribution is -2.14. The van der Waals surface area contributed by atoms with Crippen molar-refractivity contribution < 1.29 is 8.42 Å². The quantitative estimate of drug-likeness (QED) is 0.860. The second-order valence-electron chi connectivity index (χ2n) is 4.12. The first-order valence-corrected chi connectivity index (χ1v) is 8.23. The Bertz CT molecular complexity index is 687. The fraction of sp³-hybridized carbons (Fsp3) is 0.154. The summed E-state index contributed by atoms with van der Waals surface area (Å²) in [5.74, 6) is 0.263. The van der Waals surface area contributed by atoms with E-state index in [4.69, 9.17) is 5.73 Å². The number of nitrogens with two attached hydrogens (primary N) is 1. The molecule has 20 heavy (non-hydrogen) atoms. The number of sulfonamides is 1. The lowest BCUT2D eigenvalue weighted by Gasteiger charge is -2.09. The second kappa shape index (κ2) is 6.34. The Kier molecular flexibility index (Phi) is 4.74.